The van der Waals surface area contributed by atoms with Crippen molar-refractivity contribution in [3.8, 4) is 5.75 Å². The number of benzene rings is 1. The molecule has 1 atom stereocenters. The highest BCUT2D eigenvalue weighted by molar-refractivity contribution is 6.01. The van der Waals surface area contributed by atoms with Gasteiger partial charge in [-0.15, -0.1) is 0 Å². The van der Waals surface area contributed by atoms with Crippen LogP contribution in [-0.4, -0.2) is 31.6 Å². The maximum absolute atomic E-state index is 12.5. The molecule has 0 radical (unpaired) electrons. The number of methoxy groups -OCH3 is 1. The first-order valence-corrected chi connectivity index (χ1v) is 8.42. The summed E-state index contributed by atoms with van der Waals surface area (Å²) in [5.41, 5.74) is 3.14. The van der Waals surface area contributed by atoms with Crippen molar-refractivity contribution in [2.75, 3.05) is 13.7 Å². The van der Waals surface area contributed by atoms with Crippen molar-refractivity contribution in [2.45, 2.75) is 52.1 Å². The standard InChI is InChI=1S/C19H28N2O2/c1-13(2)21-14(3)11-18-17(9-6-10-20-19(18)22)15-7-5-8-16(12-15)23-4/h5,7-8,12-14,21H,6,9-11H2,1-4H3,(H,20,22). The van der Waals surface area contributed by atoms with E-state index in [2.05, 4.69) is 37.5 Å². The van der Waals surface area contributed by atoms with E-state index in [1.807, 2.05) is 18.2 Å². The van der Waals surface area contributed by atoms with Gasteiger partial charge in [-0.2, -0.15) is 0 Å². The zero-order valence-electron chi connectivity index (χ0n) is 14.6. The number of ether oxygens (including phenoxy) is 1. The van der Waals surface area contributed by atoms with E-state index < -0.39 is 0 Å². The van der Waals surface area contributed by atoms with Crippen LogP contribution >= 0.6 is 0 Å². The molecule has 23 heavy (non-hydrogen) atoms. The maximum Gasteiger partial charge on any atom is 0.247 e. The SMILES string of the molecule is COc1cccc(C2=C(CC(C)NC(C)C)C(=O)NCCC2)c1. The van der Waals surface area contributed by atoms with Crippen LogP contribution in [0.25, 0.3) is 5.57 Å². The van der Waals surface area contributed by atoms with Crippen molar-refractivity contribution in [3.63, 3.8) is 0 Å². The van der Waals surface area contributed by atoms with Gasteiger partial charge >= 0.3 is 0 Å². The number of hydrogen-bond donors (Lipinski definition) is 2. The lowest BCUT2D eigenvalue weighted by molar-refractivity contribution is -0.117. The van der Waals surface area contributed by atoms with Gasteiger partial charge in [0, 0.05) is 24.2 Å². The number of amides is 1. The molecule has 4 nitrogen and oxygen atoms in total. The Labute approximate surface area is 139 Å². The van der Waals surface area contributed by atoms with E-state index in [0.29, 0.717) is 6.04 Å². The van der Waals surface area contributed by atoms with E-state index in [1.165, 1.54) is 0 Å². The van der Waals surface area contributed by atoms with Crippen LogP contribution in [0.5, 0.6) is 5.75 Å². The molecule has 0 saturated heterocycles. The fourth-order valence-electron chi connectivity index (χ4n) is 3.14. The molecule has 0 aromatic heterocycles. The van der Waals surface area contributed by atoms with Gasteiger partial charge in [-0.05, 0) is 49.5 Å². The topological polar surface area (TPSA) is 50.4 Å². The number of hydrogen-bond acceptors (Lipinski definition) is 3. The van der Waals surface area contributed by atoms with Crippen molar-refractivity contribution in [1.82, 2.24) is 10.6 Å². The molecule has 0 aliphatic carbocycles. The van der Waals surface area contributed by atoms with Crippen molar-refractivity contribution in [2.24, 2.45) is 0 Å². The average molecular weight is 316 g/mol. The maximum atomic E-state index is 12.5. The first kappa shape index (κ1) is 17.5. The smallest absolute Gasteiger partial charge is 0.247 e. The predicted octanol–water partition coefficient (Wildman–Crippen LogP) is 3.14. The van der Waals surface area contributed by atoms with Crippen LogP contribution in [0.2, 0.25) is 0 Å². The minimum absolute atomic E-state index is 0.0673. The van der Waals surface area contributed by atoms with Gasteiger partial charge in [-0.25, -0.2) is 0 Å². The molecule has 1 unspecified atom stereocenters. The summed E-state index contributed by atoms with van der Waals surface area (Å²) < 4.78 is 5.34. The summed E-state index contributed by atoms with van der Waals surface area (Å²) in [7, 11) is 1.67. The van der Waals surface area contributed by atoms with Gasteiger partial charge in [-0.1, -0.05) is 26.0 Å². The third-order valence-corrected chi connectivity index (χ3v) is 4.07. The molecule has 4 heteroatoms. The van der Waals surface area contributed by atoms with E-state index in [9.17, 15) is 4.79 Å². The number of carbonyl (C=O) groups is 1. The van der Waals surface area contributed by atoms with Crippen LogP contribution in [0, 0.1) is 0 Å². The molecular formula is C19H28N2O2. The molecule has 1 heterocycles. The molecule has 0 saturated carbocycles. The second-order valence-corrected chi connectivity index (χ2v) is 6.48. The molecule has 1 aromatic rings. The fourth-order valence-corrected chi connectivity index (χ4v) is 3.14. The van der Waals surface area contributed by atoms with E-state index in [4.69, 9.17) is 4.74 Å². The lowest BCUT2D eigenvalue weighted by Gasteiger charge is -2.20. The van der Waals surface area contributed by atoms with Crippen molar-refractivity contribution < 1.29 is 9.53 Å². The normalized spacial score (nSPS) is 17.0. The van der Waals surface area contributed by atoms with Crippen LogP contribution in [0.1, 0.15) is 45.6 Å². The molecule has 0 bridgehead atoms. The highest BCUT2D eigenvalue weighted by Crippen LogP contribution is 2.30. The summed E-state index contributed by atoms with van der Waals surface area (Å²) >= 11 is 0. The third kappa shape index (κ3) is 4.83. The lowest BCUT2D eigenvalue weighted by Crippen LogP contribution is -2.35. The van der Waals surface area contributed by atoms with Crippen LogP contribution in [0.15, 0.2) is 29.8 Å². The molecule has 1 amide bonds. The minimum Gasteiger partial charge on any atom is -0.497 e. The van der Waals surface area contributed by atoms with Crippen molar-refractivity contribution >= 4 is 11.5 Å². The first-order valence-electron chi connectivity index (χ1n) is 8.42. The summed E-state index contributed by atoms with van der Waals surface area (Å²) in [6, 6.07) is 8.67. The Hall–Kier alpha value is -1.81. The molecule has 1 aliphatic heterocycles. The lowest BCUT2D eigenvalue weighted by atomic mass is 9.92. The highest BCUT2D eigenvalue weighted by atomic mass is 16.5. The van der Waals surface area contributed by atoms with Crippen LogP contribution < -0.4 is 15.4 Å². The molecule has 126 valence electrons. The highest BCUT2D eigenvalue weighted by Gasteiger charge is 2.22. The Bertz CT molecular complexity index is 578. The second-order valence-electron chi connectivity index (χ2n) is 6.48. The van der Waals surface area contributed by atoms with Crippen molar-refractivity contribution in [3.05, 3.63) is 35.4 Å². The molecule has 0 fully saturated rings. The molecule has 2 rings (SSSR count). The predicted molar refractivity (Wildman–Crippen MR) is 94.5 cm³/mol. The number of rotatable bonds is 6. The van der Waals surface area contributed by atoms with Gasteiger partial charge < -0.3 is 15.4 Å². The summed E-state index contributed by atoms with van der Waals surface area (Å²) in [6.45, 7) is 7.12. The average Bonchev–Trinajstić information content (AvgIpc) is 2.69. The molecule has 0 spiro atoms. The third-order valence-electron chi connectivity index (χ3n) is 4.07. The van der Waals surface area contributed by atoms with E-state index in [-0.39, 0.29) is 11.9 Å². The number of nitrogens with one attached hydrogen (secondary N) is 2. The Morgan fingerprint density at radius 3 is 2.78 bits per heavy atom. The Balaban J connectivity index is 2.37. The van der Waals surface area contributed by atoms with Crippen LogP contribution in [-0.2, 0) is 4.79 Å². The van der Waals surface area contributed by atoms with Gasteiger partial charge in [0.25, 0.3) is 0 Å². The van der Waals surface area contributed by atoms with Gasteiger partial charge in [0.05, 0.1) is 7.11 Å². The molecule has 2 N–H and O–H groups in total. The summed E-state index contributed by atoms with van der Waals surface area (Å²) in [6.07, 6.45) is 2.61. The first-order chi connectivity index (χ1) is 11.0. The molecular weight excluding hydrogens is 288 g/mol. The van der Waals surface area contributed by atoms with E-state index >= 15 is 0 Å². The second kappa shape index (κ2) is 8.16. The zero-order chi connectivity index (χ0) is 16.8. The summed E-state index contributed by atoms with van der Waals surface area (Å²) in [5.74, 6) is 0.894. The Morgan fingerprint density at radius 2 is 2.09 bits per heavy atom. The summed E-state index contributed by atoms with van der Waals surface area (Å²) in [5, 5.41) is 6.51. The quantitative estimate of drug-likeness (QED) is 0.848. The number of carbonyl (C=O) groups excluding carboxylic acids is 1. The van der Waals surface area contributed by atoms with Gasteiger partial charge in [-0.3, -0.25) is 4.79 Å². The minimum atomic E-state index is 0.0673. The van der Waals surface area contributed by atoms with Gasteiger partial charge in [0.15, 0.2) is 0 Å². The van der Waals surface area contributed by atoms with Gasteiger partial charge in [0.1, 0.15) is 5.75 Å². The summed E-state index contributed by atoms with van der Waals surface area (Å²) in [4.78, 5) is 12.5. The Kier molecular flexibility index (Phi) is 6.22. The van der Waals surface area contributed by atoms with Gasteiger partial charge in [0.2, 0.25) is 5.91 Å². The molecule has 1 aliphatic rings. The van der Waals surface area contributed by atoms with E-state index in [0.717, 1.165) is 48.3 Å². The molecule has 1 aromatic carbocycles. The van der Waals surface area contributed by atoms with Crippen LogP contribution in [0.3, 0.4) is 0 Å². The zero-order valence-corrected chi connectivity index (χ0v) is 14.6. The largest absolute Gasteiger partial charge is 0.497 e. The monoisotopic (exact) mass is 316 g/mol. The van der Waals surface area contributed by atoms with Crippen molar-refractivity contribution in [1.29, 1.82) is 0 Å². The number of allylic oxidation sites excluding steroid dienone is 1. The van der Waals surface area contributed by atoms with Crippen LogP contribution in [0.4, 0.5) is 0 Å². The van der Waals surface area contributed by atoms with E-state index in [1.54, 1.807) is 7.11 Å². The Morgan fingerprint density at radius 1 is 1.30 bits per heavy atom. The fraction of sp³-hybridized carbons (Fsp3) is 0.526.